The number of benzene rings is 2. The van der Waals surface area contributed by atoms with E-state index in [9.17, 15) is 9.90 Å². The lowest BCUT2D eigenvalue weighted by molar-refractivity contribution is -0.307. The van der Waals surface area contributed by atoms with E-state index in [4.69, 9.17) is 14.7 Å². The topological polar surface area (TPSA) is 94.4 Å². The molecule has 0 aliphatic heterocycles. The molecule has 136 valence electrons. The molecule has 1 atom stereocenters. The van der Waals surface area contributed by atoms with Crippen LogP contribution in [-0.2, 0) is 4.79 Å². The summed E-state index contributed by atoms with van der Waals surface area (Å²) in [5.41, 5.74) is 1.54. The van der Waals surface area contributed by atoms with Gasteiger partial charge in [0.1, 0.15) is 0 Å². The number of carboxylic acid groups (broad SMARTS) is 1. The summed E-state index contributed by atoms with van der Waals surface area (Å²) in [6, 6.07) is 12.5. The number of carboxylic acids is 1. The molecule has 6 nitrogen and oxygen atoms in total. The van der Waals surface area contributed by atoms with Crippen molar-refractivity contribution >= 4 is 11.7 Å². The van der Waals surface area contributed by atoms with E-state index in [1.165, 1.54) is 0 Å². The molecule has 2 rings (SSSR count). The van der Waals surface area contributed by atoms with Crippen LogP contribution in [-0.4, -0.2) is 18.7 Å². The highest BCUT2D eigenvalue weighted by Gasteiger charge is 2.16. The Balaban J connectivity index is 2.32. The number of aliphatic carboxylic acids is 1. The van der Waals surface area contributed by atoms with Crippen molar-refractivity contribution in [3.05, 3.63) is 53.6 Å². The molecule has 0 heterocycles. The van der Waals surface area contributed by atoms with E-state index >= 15 is 0 Å². The van der Waals surface area contributed by atoms with Crippen LogP contribution in [0.3, 0.4) is 0 Å². The Hall–Kier alpha value is -3.20. The van der Waals surface area contributed by atoms with Crippen LogP contribution in [0.2, 0.25) is 0 Å². The maximum Gasteiger partial charge on any atom is 0.161 e. The highest BCUT2D eigenvalue weighted by Crippen LogP contribution is 2.32. The van der Waals surface area contributed by atoms with Crippen LogP contribution in [0.15, 0.2) is 42.5 Å². The molecule has 0 saturated carbocycles. The number of nitrogens with zero attached hydrogens (tertiary/aromatic N) is 1. The zero-order valence-electron chi connectivity index (χ0n) is 15.0. The van der Waals surface area contributed by atoms with Gasteiger partial charge in [0.15, 0.2) is 11.5 Å². The molecule has 0 saturated heterocycles. The number of hydrogen-bond donors (Lipinski definition) is 1. The lowest BCUT2D eigenvalue weighted by Crippen LogP contribution is -2.34. The van der Waals surface area contributed by atoms with Gasteiger partial charge in [0.25, 0.3) is 0 Å². The minimum Gasteiger partial charge on any atom is -0.548 e. The van der Waals surface area contributed by atoms with Crippen LogP contribution in [0.5, 0.6) is 11.5 Å². The van der Waals surface area contributed by atoms with Crippen molar-refractivity contribution in [3.63, 3.8) is 0 Å². The number of nitriles is 1. The quantitative estimate of drug-likeness (QED) is 0.784. The molecule has 0 aliphatic rings. The fraction of sp³-hybridized carbons (Fsp3) is 0.300. The normalized spacial score (nSPS) is 11.5. The molecule has 0 aromatic heterocycles. The highest BCUT2D eigenvalue weighted by atomic mass is 16.5. The first-order chi connectivity index (χ1) is 12.4. The smallest absolute Gasteiger partial charge is 0.161 e. The van der Waals surface area contributed by atoms with E-state index in [-0.39, 0.29) is 6.10 Å². The van der Waals surface area contributed by atoms with E-state index in [0.29, 0.717) is 34.9 Å². The van der Waals surface area contributed by atoms with Gasteiger partial charge >= 0.3 is 0 Å². The number of carbonyl (C=O) groups excluding carboxylic acids is 1. The third-order valence-corrected chi connectivity index (χ3v) is 3.52. The number of rotatable bonds is 8. The second-order valence-electron chi connectivity index (χ2n) is 5.89. The Morgan fingerprint density at radius 3 is 2.42 bits per heavy atom. The number of hydrogen-bond acceptors (Lipinski definition) is 6. The van der Waals surface area contributed by atoms with Crippen molar-refractivity contribution in [1.82, 2.24) is 0 Å². The summed E-state index contributed by atoms with van der Waals surface area (Å²) in [6.07, 6.45) is -0.0335. The molecular weight excluding hydrogens is 332 g/mol. The molecule has 2 aromatic rings. The van der Waals surface area contributed by atoms with Crippen molar-refractivity contribution in [2.45, 2.75) is 32.9 Å². The Kier molecular flexibility index (Phi) is 6.45. The molecular formula is C20H21N2O4-. The fourth-order valence-corrected chi connectivity index (χ4v) is 2.41. The second kappa shape index (κ2) is 8.77. The van der Waals surface area contributed by atoms with Gasteiger partial charge in [-0.3, -0.25) is 0 Å². The van der Waals surface area contributed by atoms with Gasteiger partial charge in [-0.05, 0) is 62.7 Å². The number of nitrogens with one attached hydrogen (secondary N) is 1. The summed E-state index contributed by atoms with van der Waals surface area (Å²) in [6.45, 7) is 6.08. The lowest BCUT2D eigenvalue weighted by Gasteiger charge is -2.23. The average molecular weight is 353 g/mol. The van der Waals surface area contributed by atoms with E-state index in [2.05, 4.69) is 5.32 Å². The summed E-state index contributed by atoms with van der Waals surface area (Å²) >= 11 is 0. The molecule has 0 aliphatic carbocycles. The number of ether oxygens (including phenoxy) is 2. The first kappa shape index (κ1) is 19.1. The molecule has 26 heavy (non-hydrogen) atoms. The van der Waals surface area contributed by atoms with Crippen LogP contribution in [0.25, 0.3) is 0 Å². The van der Waals surface area contributed by atoms with Gasteiger partial charge in [0.05, 0.1) is 36.4 Å². The SMILES string of the molecule is CCOc1cc(C(Nc2ccc(C#N)cc2)C(=O)[O-])ccc1OC(C)C. The van der Waals surface area contributed by atoms with E-state index in [1.54, 1.807) is 42.5 Å². The zero-order valence-corrected chi connectivity index (χ0v) is 15.0. The van der Waals surface area contributed by atoms with Crippen molar-refractivity contribution in [1.29, 1.82) is 5.26 Å². The van der Waals surface area contributed by atoms with Gasteiger partial charge in [-0.1, -0.05) is 6.07 Å². The van der Waals surface area contributed by atoms with Crippen LogP contribution in [0.4, 0.5) is 5.69 Å². The molecule has 1 N–H and O–H groups in total. The minimum absolute atomic E-state index is 0.0335. The summed E-state index contributed by atoms with van der Waals surface area (Å²) in [5, 5.41) is 23.4. The minimum atomic E-state index is -1.27. The molecule has 0 fully saturated rings. The van der Waals surface area contributed by atoms with Crippen molar-refractivity contribution < 1.29 is 19.4 Å². The second-order valence-corrected chi connectivity index (χ2v) is 5.89. The Labute approximate surface area is 153 Å². The van der Waals surface area contributed by atoms with Gasteiger partial charge in [-0.25, -0.2) is 0 Å². The molecule has 2 aromatic carbocycles. The lowest BCUT2D eigenvalue weighted by atomic mass is 10.1. The predicted octanol–water partition coefficient (Wildman–Crippen LogP) is 2.65. The van der Waals surface area contributed by atoms with E-state index in [0.717, 1.165) is 0 Å². The van der Waals surface area contributed by atoms with Gasteiger partial charge < -0.3 is 24.7 Å². The van der Waals surface area contributed by atoms with Crippen molar-refractivity contribution in [3.8, 4) is 17.6 Å². The molecule has 6 heteroatoms. The van der Waals surface area contributed by atoms with Crippen molar-refractivity contribution in [2.75, 3.05) is 11.9 Å². The largest absolute Gasteiger partial charge is 0.548 e. The summed E-state index contributed by atoms with van der Waals surface area (Å²) in [4.78, 5) is 11.7. The third-order valence-electron chi connectivity index (χ3n) is 3.52. The van der Waals surface area contributed by atoms with E-state index in [1.807, 2.05) is 26.8 Å². The Morgan fingerprint density at radius 1 is 1.19 bits per heavy atom. The molecule has 0 amide bonds. The molecule has 1 unspecified atom stereocenters. The monoisotopic (exact) mass is 353 g/mol. The molecule has 0 spiro atoms. The first-order valence-electron chi connectivity index (χ1n) is 8.35. The van der Waals surface area contributed by atoms with E-state index < -0.39 is 12.0 Å². The Morgan fingerprint density at radius 2 is 1.88 bits per heavy atom. The average Bonchev–Trinajstić information content (AvgIpc) is 2.61. The molecule has 0 radical (unpaired) electrons. The summed E-state index contributed by atoms with van der Waals surface area (Å²) < 4.78 is 11.3. The summed E-state index contributed by atoms with van der Waals surface area (Å²) in [5.74, 6) is -0.234. The van der Waals surface area contributed by atoms with Gasteiger partial charge in [-0.15, -0.1) is 0 Å². The fourth-order valence-electron chi connectivity index (χ4n) is 2.41. The van der Waals surface area contributed by atoms with Crippen LogP contribution in [0.1, 0.15) is 37.9 Å². The van der Waals surface area contributed by atoms with Gasteiger partial charge in [0.2, 0.25) is 0 Å². The number of anilines is 1. The van der Waals surface area contributed by atoms with Crippen LogP contribution >= 0.6 is 0 Å². The number of carbonyl (C=O) groups is 1. The maximum absolute atomic E-state index is 11.7. The predicted molar refractivity (Wildman–Crippen MR) is 95.9 cm³/mol. The maximum atomic E-state index is 11.7. The van der Waals surface area contributed by atoms with Crippen LogP contribution in [0, 0.1) is 11.3 Å². The highest BCUT2D eigenvalue weighted by molar-refractivity contribution is 5.78. The zero-order chi connectivity index (χ0) is 19.1. The van der Waals surface area contributed by atoms with Crippen LogP contribution < -0.4 is 19.9 Å². The van der Waals surface area contributed by atoms with Crippen molar-refractivity contribution in [2.24, 2.45) is 0 Å². The Bertz CT molecular complexity index is 794. The summed E-state index contributed by atoms with van der Waals surface area (Å²) in [7, 11) is 0. The first-order valence-corrected chi connectivity index (χ1v) is 8.35. The standard InChI is InChI=1S/C20H22N2O4/c1-4-25-18-11-15(7-10-17(18)26-13(2)3)19(20(23)24)22-16-8-5-14(12-21)6-9-16/h5-11,13,19,22H,4H2,1-3H3,(H,23,24)/p-1. The third kappa shape index (κ3) is 4.90. The van der Waals surface area contributed by atoms with Gasteiger partial charge in [-0.2, -0.15) is 5.26 Å². The molecule has 0 bridgehead atoms. The van der Waals surface area contributed by atoms with Gasteiger partial charge in [0, 0.05) is 5.69 Å².